The summed E-state index contributed by atoms with van der Waals surface area (Å²) in [6.45, 7) is 0.611. The van der Waals surface area contributed by atoms with Crippen molar-refractivity contribution in [2.24, 2.45) is 12.8 Å². The van der Waals surface area contributed by atoms with Gasteiger partial charge in [-0.1, -0.05) is 5.92 Å². The van der Waals surface area contributed by atoms with E-state index >= 15 is 0 Å². The number of nitrogens with zero attached hydrogens (tertiary/aromatic N) is 2. The van der Waals surface area contributed by atoms with E-state index in [1.807, 2.05) is 19.3 Å². The van der Waals surface area contributed by atoms with Crippen LogP contribution in [-0.2, 0) is 7.05 Å². The maximum Gasteiger partial charge on any atom is 0.135 e. The van der Waals surface area contributed by atoms with Gasteiger partial charge in [-0.2, -0.15) is 5.10 Å². The van der Waals surface area contributed by atoms with Gasteiger partial charge in [0.05, 0.1) is 0 Å². The summed E-state index contributed by atoms with van der Waals surface area (Å²) in [5, 5.41) is 4.08. The monoisotopic (exact) mass is 149 g/mol. The van der Waals surface area contributed by atoms with Gasteiger partial charge in [0.25, 0.3) is 0 Å². The molecule has 0 amide bonds. The third-order valence-corrected chi connectivity index (χ3v) is 1.20. The van der Waals surface area contributed by atoms with Crippen LogP contribution in [0.5, 0.6) is 0 Å². The van der Waals surface area contributed by atoms with Gasteiger partial charge in [-0.25, -0.2) is 0 Å². The summed E-state index contributed by atoms with van der Waals surface area (Å²) in [6, 6.07) is 1.88. The van der Waals surface area contributed by atoms with Gasteiger partial charge in [0.15, 0.2) is 0 Å². The second kappa shape index (κ2) is 3.79. The van der Waals surface area contributed by atoms with Crippen LogP contribution in [0.2, 0.25) is 0 Å². The molecule has 0 bridgehead atoms. The smallest absolute Gasteiger partial charge is 0.135 e. The molecule has 0 spiro atoms. The van der Waals surface area contributed by atoms with Crippen molar-refractivity contribution in [2.75, 3.05) is 6.54 Å². The average Bonchev–Trinajstić information content (AvgIpc) is 2.37. The van der Waals surface area contributed by atoms with Gasteiger partial charge < -0.3 is 5.73 Å². The van der Waals surface area contributed by atoms with Crippen molar-refractivity contribution in [1.29, 1.82) is 0 Å². The third-order valence-electron chi connectivity index (χ3n) is 1.20. The summed E-state index contributed by atoms with van der Waals surface area (Å²) >= 11 is 0. The highest BCUT2D eigenvalue weighted by atomic mass is 15.2. The van der Waals surface area contributed by atoms with Crippen molar-refractivity contribution in [3.8, 4) is 11.8 Å². The van der Waals surface area contributed by atoms with Gasteiger partial charge >= 0.3 is 0 Å². The maximum atomic E-state index is 5.27. The van der Waals surface area contributed by atoms with Crippen molar-refractivity contribution in [2.45, 2.75) is 6.42 Å². The first-order valence-electron chi connectivity index (χ1n) is 3.51. The Kier molecular flexibility index (Phi) is 2.70. The molecule has 0 aliphatic carbocycles. The fourth-order valence-electron chi connectivity index (χ4n) is 0.707. The molecule has 1 aromatic rings. The molecular weight excluding hydrogens is 138 g/mol. The lowest BCUT2D eigenvalue weighted by molar-refractivity contribution is 0.764. The summed E-state index contributed by atoms with van der Waals surface area (Å²) in [6.07, 6.45) is 2.60. The van der Waals surface area contributed by atoms with E-state index in [4.69, 9.17) is 5.73 Å². The molecule has 0 unspecified atom stereocenters. The Labute approximate surface area is 66.2 Å². The quantitative estimate of drug-likeness (QED) is 0.576. The van der Waals surface area contributed by atoms with Crippen molar-refractivity contribution in [3.63, 3.8) is 0 Å². The van der Waals surface area contributed by atoms with Crippen LogP contribution >= 0.6 is 0 Å². The van der Waals surface area contributed by atoms with Crippen LogP contribution in [-0.4, -0.2) is 16.3 Å². The fraction of sp³-hybridized carbons (Fsp3) is 0.375. The summed E-state index contributed by atoms with van der Waals surface area (Å²) in [5.41, 5.74) is 6.08. The second-order valence-electron chi connectivity index (χ2n) is 2.22. The molecule has 0 saturated carbocycles. The summed E-state index contributed by atoms with van der Waals surface area (Å²) in [7, 11) is 1.87. The highest BCUT2D eigenvalue weighted by Crippen LogP contribution is 1.89. The minimum absolute atomic E-state index is 0.611. The first-order chi connectivity index (χ1) is 5.33. The average molecular weight is 149 g/mol. The molecule has 2 N–H and O–H groups in total. The van der Waals surface area contributed by atoms with Crippen molar-refractivity contribution < 1.29 is 0 Å². The fourth-order valence-corrected chi connectivity index (χ4v) is 0.707. The summed E-state index contributed by atoms with van der Waals surface area (Å²) in [5.74, 6) is 5.82. The van der Waals surface area contributed by atoms with Gasteiger partial charge in [-0.05, 0) is 12.0 Å². The number of rotatable bonds is 1. The molecule has 1 aromatic heterocycles. The summed E-state index contributed by atoms with van der Waals surface area (Å²) in [4.78, 5) is 0. The number of nitrogens with two attached hydrogens (primary N) is 1. The minimum Gasteiger partial charge on any atom is -0.330 e. The molecule has 0 aromatic carbocycles. The van der Waals surface area contributed by atoms with Crippen LogP contribution in [0.3, 0.4) is 0 Å². The Hall–Kier alpha value is -1.27. The van der Waals surface area contributed by atoms with E-state index in [0.717, 1.165) is 12.1 Å². The Bertz CT molecular complexity index is 277. The van der Waals surface area contributed by atoms with Crippen LogP contribution in [0.15, 0.2) is 12.3 Å². The van der Waals surface area contributed by atoms with Gasteiger partial charge in [-0.15, -0.1) is 0 Å². The van der Waals surface area contributed by atoms with Gasteiger partial charge in [-0.3, -0.25) is 4.68 Å². The second-order valence-corrected chi connectivity index (χ2v) is 2.22. The van der Waals surface area contributed by atoms with Crippen LogP contribution < -0.4 is 5.73 Å². The topological polar surface area (TPSA) is 43.8 Å². The van der Waals surface area contributed by atoms with Crippen LogP contribution in [0, 0.1) is 11.8 Å². The molecule has 0 atom stereocenters. The zero-order valence-electron chi connectivity index (χ0n) is 6.54. The van der Waals surface area contributed by atoms with E-state index in [9.17, 15) is 0 Å². The highest BCUT2D eigenvalue weighted by molar-refractivity contribution is 5.25. The molecule has 0 fully saturated rings. The molecule has 58 valence electrons. The molecule has 0 saturated heterocycles. The molecular formula is C8H11N3. The lowest BCUT2D eigenvalue weighted by Crippen LogP contribution is -1.95. The normalized spacial score (nSPS) is 8.91. The molecule has 0 aliphatic rings. The number of hydrogen-bond donors (Lipinski definition) is 1. The number of aromatic nitrogens is 2. The molecule has 0 aliphatic heterocycles. The molecule has 0 radical (unpaired) electrons. The Morgan fingerprint density at radius 1 is 1.73 bits per heavy atom. The van der Waals surface area contributed by atoms with E-state index in [1.165, 1.54) is 0 Å². The Morgan fingerprint density at radius 3 is 3.09 bits per heavy atom. The predicted molar refractivity (Wildman–Crippen MR) is 43.8 cm³/mol. The van der Waals surface area contributed by atoms with Gasteiger partial charge in [0.1, 0.15) is 5.69 Å². The predicted octanol–water partition coefficient (Wildman–Crippen LogP) is 0.120. The Balaban J connectivity index is 2.59. The molecule has 11 heavy (non-hydrogen) atoms. The number of aryl methyl sites for hydroxylation is 1. The Morgan fingerprint density at radius 2 is 2.55 bits per heavy atom. The molecule has 1 heterocycles. The van der Waals surface area contributed by atoms with Gasteiger partial charge in [0, 0.05) is 26.2 Å². The van der Waals surface area contributed by atoms with E-state index in [2.05, 4.69) is 16.9 Å². The van der Waals surface area contributed by atoms with Crippen LogP contribution in [0.1, 0.15) is 12.1 Å². The highest BCUT2D eigenvalue weighted by Gasteiger charge is 1.87. The van der Waals surface area contributed by atoms with Crippen LogP contribution in [0.4, 0.5) is 0 Å². The third kappa shape index (κ3) is 2.44. The van der Waals surface area contributed by atoms with Crippen molar-refractivity contribution in [3.05, 3.63) is 18.0 Å². The zero-order valence-corrected chi connectivity index (χ0v) is 6.54. The van der Waals surface area contributed by atoms with E-state index in [0.29, 0.717) is 6.54 Å². The minimum atomic E-state index is 0.611. The largest absolute Gasteiger partial charge is 0.330 e. The SMILES string of the molecule is Cn1ccc(C#CCCN)n1. The van der Waals surface area contributed by atoms with E-state index in [1.54, 1.807) is 4.68 Å². The van der Waals surface area contributed by atoms with Gasteiger partial charge in [0.2, 0.25) is 0 Å². The maximum absolute atomic E-state index is 5.27. The molecule has 3 nitrogen and oxygen atoms in total. The number of hydrogen-bond acceptors (Lipinski definition) is 2. The molecule has 3 heteroatoms. The van der Waals surface area contributed by atoms with Crippen molar-refractivity contribution in [1.82, 2.24) is 9.78 Å². The molecule has 1 rings (SSSR count). The lowest BCUT2D eigenvalue weighted by atomic mass is 10.4. The first-order valence-corrected chi connectivity index (χ1v) is 3.51. The lowest BCUT2D eigenvalue weighted by Gasteiger charge is -1.81. The van der Waals surface area contributed by atoms with E-state index in [-0.39, 0.29) is 0 Å². The van der Waals surface area contributed by atoms with Crippen LogP contribution in [0.25, 0.3) is 0 Å². The van der Waals surface area contributed by atoms with E-state index < -0.39 is 0 Å². The van der Waals surface area contributed by atoms with Crippen molar-refractivity contribution >= 4 is 0 Å². The standard InChI is InChI=1S/C8H11N3/c1-11-7-5-8(10-11)4-2-3-6-9/h5,7H,3,6,9H2,1H3. The summed E-state index contributed by atoms with van der Waals surface area (Å²) < 4.78 is 1.73. The zero-order chi connectivity index (χ0) is 8.10. The first kappa shape index (κ1) is 7.83.